The smallest absolute Gasteiger partial charge is 0.223 e. The fraction of sp³-hybridized carbons (Fsp3) is 0.900. The third-order valence-electron chi connectivity index (χ3n) is 2.96. The summed E-state index contributed by atoms with van der Waals surface area (Å²) in [6.07, 6.45) is 7.12. The summed E-state index contributed by atoms with van der Waals surface area (Å²) in [7, 11) is 0. The van der Waals surface area contributed by atoms with Gasteiger partial charge in [-0.05, 0) is 25.7 Å². The van der Waals surface area contributed by atoms with E-state index in [9.17, 15) is 4.79 Å². The molecule has 0 aliphatic heterocycles. The van der Waals surface area contributed by atoms with E-state index >= 15 is 0 Å². The van der Waals surface area contributed by atoms with Crippen LogP contribution in [-0.2, 0) is 4.79 Å². The van der Waals surface area contributed by atoms with Crippen molar-refractivity contribution in [1.29, 1.82) is 0 Å². The minimum absolute atomic E-state index is 0.288. The van der Waals surface area contributed by atoms with Crippen molar-refractivity contribution < 1.29 is 4.79 Å². The predicted molar refractivity (Wildman–Crippen MR) is 55.8 cm³/mol. The quantitative estimate of drug-likeness (QED) is 0.743. The zero-order valence-electron chi connectivity index (χ0n) is 7.76. The Kier molecular flexibility index (Phi) is 2.92. The molecule has 2 fully saturated rings. The summed E-state index contributed by atoms with van der Waals surface area (Å²) in [6.45, 7) is 0. The van der Waals surface area contributed by atoms with Crippen LogP contribution in [0.4, 0.5) is 0 Å². The van der Waals surface area contributed by atoms with E-state index in [1.54, 1.807) is 0 Å². The number of carbonyl (C=O) groups is 1. The molecule has 2 nitrogen and oxygen atoms in total. The highest BCUT2D eigenvalue weighted by molar-refractivity contribution is 9.09. The van der Waals surface area contributed by atoms with Crippen molar-refractivity contribution in [1.82, 2.24) is 5.32 Å². The zero-order chi connectivity index (χ0) is 9.26. The number of alkyl halides is 1. The maximum atomic E-state index is 11.5. The van der Waals surface area contributed by atoms with Crippen molar-refractivity contribution in [3.63, 3.8) is 0 Å². The van der Waals surface area contributed by atoms with Crippen molar-refractivity contribution in [3.05, 3.63) is 0 Å². The lowest BCUT2D eigenvalue weighted by Gasteiger charge is -2.28. The number of hydrogen-bond donors (Lipinski definition) is 1. The third kappa shape index (κ3) is 2.46. The average molecular weight is 246 g/mol. The molecule has 74 valence electrons. The van der Waals surface area contributed by atoms with Crippen LogP contribution < -0.4 is 5.32 Å². The Bertz CT molecular complexity index is 203. The van der Waals surface area contributed by atoms with Gasteiger partial charge in [-0.15, -0.1) is 0 Å². The summed E-state index contributed by atoms with van der Waals surface area (Å²) in [6, 6.07) is 0.391. The minimum atomic E-state index is 0.288. The molecule has 0 aromatic heterocycles. The van der Waals surface area contributed by atoms with Crippen LogP contribution >= 0.6 is 15.9 Å². The van der Waals surface area contributed by atoms with E-state index < -0.39 is 0 Å². The zero-order valence-corrected chi connectivity index (χ0v) is 9.35. The van der Waals surface area contributed by atoms with Crippen molar-refractivity contribution in [2.45, 2.75) is 49.4 Å². The van der Waals surface area contributed by atoms with Crippen LogP contribution in [0.1, 0.15) is 38.5 Å². The lowest BCUT2D eigenvalue weighted by molar-refractivity contribution is -0.123. The Morgan fingerprint density at radius 1 is 1.15 bits per heavy atom. The molecule has 2 aliphatic rings. The Labute approximate surface area is 87.6 Å². The molecule has 2 unspecified atom stereocenters. The number of halogens is 1. The second-order valence-electron chi connectivity index (χ2n) is 4.19. The van der Waals surface area contributed by atoms with Gasteiger partial charge in [0.05, 0.1) is 0 Å². The van der Waals surface area contributed by atoms with Gasteiger partial charge in [0, 0.05) is 16.8 Å². The second-order valence-corrected chi connectivity index (χ2v) is 5.37. The molecule has 0 radical (unpaired) electrons. The van der Waals surface area contributed by atoms with E-state index in [2.05, 4.69) is 21.2 Å². The molecule has 2 atom stereocenters. The predicted octanol–water partition coefficient (Wildman–Crippen LogP) is 2.22. The van der Waals surface area contributed by atoms with Crippen LogP contribution in [0.5, 0.6) is 0 Å². The Morgan fingerprint density at radius 2 is 1.85 bits per heavy atom. The van der Waals surface area contributed by atoms with Crippen LogP contribution in [0.15, 0.2) is 0 Å². The molecule has 0 aromatic carbocycles. The first-order chi connectivity index (χ1) is 6.27. The fourth-order valence-electron chi connectivity index (χ4n) is 1.89. The first-order valence-corrected chi connectivity index (χ1v) is 6.13. The maximum Gasteiger partial charge on any atom is 0.223 e. The third-order valence-corrected chi connectivity index (χ3v) is 4.05. The van der Waals surface area contributed by atoms with Gasteiger partial charge in [0.25, 0.3) is 0 Å². The summed E-state index contributed by atoms with van der Waals surface area (Å²) < 4.78 is 0. The molecule has 1 N–H and O–H groups in total. The molecular weight excluding hydrogens is 230 g/mol. The van der Waals surface area contributed by atoms with Gasteiger partial charge in [-0.25, -0.2) is 0 Å². The number of nitrogens with one attached hydrogen (secondary N) is 1. The van der Waals surface area contributed by atoms with Crippen LogP contribution in [-0.4, -0.2) is 16.8 Å². The summed E-state index contributed by atoms with van der Waals surface area (Å²) in [5, 5.41) is 3.14. The van der Waals surface area contributed by atoms with E-state index in [1.165, 1.54) is 19.3 Å². The van der Waals surface area contributed by atoms with Crippen molar-refractivity contribution in [3.8, 4) is 0 Å². The van der Waals surface area contributed by atoms with Crippen molar-refractivity contribution in [2.24, 2.45) is 5.92 Å². The lowest BCUT2D eigenvalue weighted by atomic mass is 9.95. The normalized spacial score (nSPS) is 34.2. The van der Waals surface area contributed by atoms with Gasteiger partial charge in [0.15, 0.2) is 0 Å². The molecule has 0 heterocycles. The number of carbonyl (C=O) groups excluding carboxylic acids is 1. The monoisotopic (exact) mass is 245 g/mol. The van der Waals surface area contributed by atoms with Crippen molar-refractivity contribution in [2.75, 3.05) is 0 Å². The molecule has 2 aliphatic carbocycles. The standard InChI is InChI=1S/C10H16BrNO/c11-8-3-1-2-4-9(8)12-10(13)7-5-6-7/h7-9H,1-6H2,(H,12,13). The molecule has 13 heavy (non-hydrogen) atoms. The Morgan fingerprint density at radius 3 is 2.46 bits per heavy atom. The summed E-state index contributed by atoms with van der Waals surface area (Å²) in [4.78, 5) is 12.0. The summed E-state index contributed by atoms with van der Waals surface area (Å²) in [5.41, 5.74) is 0. The topological polar surface area (TPSA) is 29.1 Å². The van der Waals surface area contributed by atoms with Crippen molar-refractivity contribution >= 4 is 21.8 Å². The average Bonchev–Trinajstić information content (AvgIpc) is 2.91. The van der Waals surface area contributed by atoms with E-state index in [-0.39, 0.29) is 5.91 Å². The van der Waals surface area contributed by atoms with Gasteiger partial charge in [-0.2, -0.15) is 0 Å². The first kappa shape index (κ1) is 9.50. The fourth-order valence-corrected chi connectivity index (χ4v) is 2.61. The highest BCUT2D eigenvalue weighted by Gasteiger charge is 2.32. The van der Waals surface area contributed by atoms with Gasteiger partial charge in [-0.3, -0.25) is 4.79 Å². The Hall–Kier alpha value is -0.0500. The SMILES string of the molecule is O=C(NC1CCCCC1Br)C1CC1. The number of hydrogen-bond acceptors (Lipinski definition) is 1. The second kappa shape index (κ2) is 3.99. The Balaban J connectivity index is 1.81. The van der Waals surface area contributed by atoms with E-state index in [4.69, 9.17) is 0 Å². The molecule has 2 saturated carbocycles. The molecule has 2 rings (SSSR count). The highest BCUT2D eigenvalue weighted by atomic mass is 79.9. The molecule has 0 bridgehead atoms. The molecule has 0 saturated heterocycles. The minimum Gasteiger partial charge on any atom is -0.352 e. The highest BCUT2D eigenvalue weighted by Crippen LogP contribution is 2.30. The van der Waals surface area contributed by atoms with Gasteiger partial charge >= 0.3 is 0 Å². The molecular formula is C10H16BrNO. The van der Waals surface area contributed by atoms with E-state index in [0.717, 1.165) is 19.3 Å². The van der Waals surface area contributed by atoms with E-state index in [0.29, 0.717) is 16.8 Å². The molecule has 1 amide bonds. The number of amides is 1. The molecule has 3 heteroatoms. The van der Waals surface area contributed by atoms with Crippen LogP contribution in [0.25, 0.3) is 0 Å². The largest absolute Gasteiger partial charge is 0.352 e. The van der Waals surface area contributed by atoms with Gasteiger partial charge in [-0.1, -0.05) is 28.8 Å². The van der Waals surface area contributed by atoms with E-state index in [1.807, 2.05) is 0 Å². The summed E-state index contributed by atoms with van der Waals surface area (Å²) in [5.74, 6) is 0.637. The maximum absolute atomic E-state index is 11.5. The lowest BCUT2D eigenvalue weighted by Crippen LogP contribution is -2.43. The first-order valence-electron chi connectivity index (χ1n) is 5.22. The van der Waals surface area contributed by atoms with Gasteiger partial charge in [0.1, 0.15) is 0 Å². The van der Waals surface area contributed by atoms with Gasteiger partial charge < -0.3 is 5.32 Å². The van der Waals surface area contributed by atoms with Gasteiger partial charge in [0.2, 0.25) is 5.91 Å². The van der Waals surface area contributed by atoms with Crippen LogP contribution in [0, 0.1) is 5.92 Å². The van der Waals surface area contributed by atoms with Crippen LogP contribution in [0.2, 0.25) is 0 Å². The number of rotatable bonds is 2. The molecule has 0 aromatic rings. The molecule has 0 spiro atoms. The van der Waals surface area contributed by atoms with Crippen LogP contribution in [0.3, 0.4) is 0 Å². The summed E-state index contributed by atoms with van der Waals surface area (Å²) >= 11 is 3.64.